The van der Waals surface area contributed by atoms with Crippen LogP contribution in [0.15, 0.2) is 17.5 Å². The Morgan fingerprint density at radius 2 is 2.54 bits per heavy atom. The van der Waals surface area contributed by atoms with E-state index in [-0.39, 0.29) is 10.7 Å². The van der Waals surface area contributed by atoms with Gasteiger partial charge in [0.2, 0.25) is 5.91 Å². The van der Waals surface area contributed by atoms with Gasteiger partial charge in [-0.05, 0) is 17.9 Å². The summed E-state index contributed by atoms with van der Waals surface area (Å²) in [5, 5.41) is 4.87. The highest BCUT2D eigenvalue weighted by Crippen LogP contribution is 2.09. The molecule has 0 fully saturated rings. The number of hydrogen-bond donors (Lipinski definition) is 1. The first-order valence-corrected chi connectivity index (χ1v) is 5.97. The SMILES string of the molecule is CC[C@@H](Br)C(=O)NCc1cccs1. The lowest BCUT2D eigenvalue weighted by atomic mass is 10.3. The zero-order valence-corrected chi connectivity index (χ0v) is 9.82. The zero-order chi connectivity index (χ0) is 9.68. The highest BCUT2D eigenvalue weighted by atomic mass is 79.9. The van der Waals surface area contributed by atoms with Gasteiger partial charge >= 0.3 is 0 Å². The van der Waals surface area contributed by atoms with E-state index in [1.807, 2.05) is 24.4 Å². The molecule has 1 atom stereocenters. The minimum atomic E-state index is -0.0625. The topological polar surface area (TPSA) is 29.1 Å². The van der Waals surface area contributed by atoms with Gasteiger partial charge in [-0.1, -0.05) is 28.9 Å². The van der Waals surface area contributed by atoms with Crippen molar-refractivity contribution in [2.45, 2.75) is 24.7 Å². The van der Waals surface area contributed by atoms with Crippen molar-refractivity contribution in [1.29, 1.82) is 0 Å². The van der Waals surface area contributed by atoms with E-state index < -0.39 is 0 Å². The second kappa shape index (κ2) is 5.40. The van der Waals surface area contributed by atoms with Crippen LogP contribution in [0.1, 0.15) is 18.2 Å². The first-order valence-electron chi connectivity index (χ1n) is 4.18. The van der Waals surface area contributed by atoms with Gasteiger partial charge in [-0.2, -0.15) is 0 Å². The van der Waals surface area contributed by atoms with E-state index in [9.17, 15) is 4.79 Å². The number of carbonyl (C=O) groups is 1. The Kier molecular flexibility index (Phi) is 4.45. The zero-order valence-electron chi connectivity index (χ0n) is 7.42. The maximum atomic E-state index is 11.3. The molecule has 0 bridgehead atoms. The van der Waals surface area contributed by atoms with Crippen LogP contribution in [0.5, 0.6) is 0 Å². The Morgan fingerprint density at radius 1 is 1.77 bits per heavy atom. The normalized spacial score (nSPS) is 12.5. The van der Waals surface area contributed by atoms with E-state index in [0.717, 1.165) is 6.42 Å². The van der Waals surface area contributed by atoms with Crippen LogP contribution in [0, 0.1) is 0 Å². The summed E-state index contributed by atoms with van der Waals surface area (Å²) in [5.41, 5.74) is 0. The van der Waals surface area contributed by atoms with E-state index in [4.69, 9.17) is 0 Å². The minimum Gasteiger partial charge on any atom is -0.350 e. The number of hydrogen-bond acceptors (Lipinski definition) is 2. The molecular formula is C9H12BrNOS. The predicted molar refractivity (Wildman–Crippen MR) is 59.2 cm³/mol. The highest BCUT2D eigenvalue weighted by Gasteiger charge is 2.11. The number of rotatable bonds is 4. The van der Waals surface area contributed by atoms with Crippen molar-refractivity contribution in [3.8, 4) is 0 Å². The summed E-state index contributed by atoms with van der Waals surface area (Å²) in [7, 11) is 0. The number of halogens is 1. The van der Waals surface area contributed by atoms with Crippen LogP contribution in [-0.2, 0) is 11.3 Å². The molecule has 1 heterocycles. The van der Waals surface area contributed by atoms with E-state index in [0.29, 0.717) is 6.54 Å². The van der Waals surface area contributed by atoms with Gasteiger partial charge in [-0.25, -0.2) is 0 Å². The number of amides is 1. The Labute approximate surface area is 90.5 Å². The average molecular weight is 262 g/mol. The van der Waals surface area contributed by atoms with Crippen molar-refractivity contribution in [2.75, 3.05) is 0 Å². The molecule has 13 heavy (non-hydrogen) atoms. The molecule has 1 amide bonds. The van der Waals surface area contributed by atoms with Gasteiger partial charge in [0, 0.05) is 4.88 Å². The molecule has 0 saturated heterocycles. The van der Waals surface area contributed by atoms with Crippen LogP contribution in [0.25, 0.3) is 0 Å². The van der Waals surface area contributed by atoms with Crippen LogP contribution in [0.3, 0.4) is 0 Å². The molecule has 1 rings (SSSR count). The van der Waals surface area contributed by atoms with Gasteiger partial charge < -0.3 is 5.32 Å². The van der Waals surface area contributed by atoms with Crippen molar-refractivity contribution in [2.24, 2.45) is 0 Å². The molecule has 4 heteroatoms. The maximum Gasteiger partial charge on any atom is 0.234 e. The van der Waals surface area contributed by atoms with Crippen LogP contribution < -0.4 is 5.32 Å². The molecule has 0 unspecified atom stereocenters. The number of nitrogens with one attached hydrogen (secondary N) is 1. The summed E-state index contributed by atoms with van der Waals surface area (Å²) in [6.45, 7) is 2.61. The quantitative estimate of drug-likeness (QED) is 0.830. The molecule has 0 radical (unpaired) electrons. The summed E-state index contributed by atoms with van der Waals surface area (Å²) in [4.78, 5) is 12.4. The van der Waals surface area contributed by atoms with Gasteiger partial charge in [0.05, 0.1) is 11.4 Å². The van der Waals surface area contributed by atoms with Crippen LogP contribution in [0.4, 0.5) is 0 Å². The highest BCUT2D eigenvalue weighted by molar-refractivity contribution is 9.10. The molecule has 2 nitrogen and oxygen atoms in total. The number of alkyl halides is 1. The van der Waals surface area contributed by atoms with Crippen molar-refractivity contribution in [1.82, 2.24) is 5.32 Å². The van der Waals surface area contributed by atoms with Gasteiger partial charge in [-0.3, -0.25) is 4.79 Å². The van der Waals surface area contributed by atoms with Crippen molar-refractivity contribution >= 4 is 33.2 Å². The third kappa shape index (κ3) is 3.48. The second-order valence-electron chi connectivity index (χ2n) is 2.67. The molecule has 1 aromatic rings. The van der Waals surface area contributed by atoms with E-state index >= 15 is 0 Å². The first kappa shape index (κ1) is 10.7. The number of thiophene rings is 1. The molecule has 0 aliphatic carbocycles. The Bertz CT molecular complexity index is 261. The summed E-state index contributed by atoms with van der Waals surface area (Å²) >= 11 is 4.95. The molecule has 72 valence electrons. The maximum absolute atomic E-state index is 11.3. The molecule has 1 N–H and O–H groups in total. The van der Waals surface area contributed by atoms with Crippen LogP contribution >= 0.6 is 27.3 Å². The van der Waals surface area contributed by atoms with Crippen LogP contribution in [0.2, 0.25) is 0 Å². The molecule has 0 spiro atoms. The van der Waals surface area contributed by atoms with Crippen LogP contribution in [-0.4, -0.2) is 10.7 Å². The Balaban J connectivity index is 2.31. The van der Waals surface area contributed by atoms with Gasteiger partial charge in [-0.15, -0.1) is 11.3 Å². The van der Waals surface area contributed by atoms with Crippen molar-refractivity contribution < 1.29 is 4.79 Å². The molecule has 1 aromatic heterocycles. The monoisotopic (exact) mass is 261 g/mol. The van der Waals surface area contributed by atoms with E-state index in [1.54, 1.807) is 11.3 Å². The lowest BCUT2D eigenvalue weighted by Gasteiger charge is -2.06. The molecule has 0 aliphatic rings. The Morgan fingerprint density at radius 3 is 3.08 bits per heavy atom. The lowest BCUT2D eigenvalue weighted by Crippen LogP contribution is -2.29. The van der Waals surface area contributed by atoms with E-state index in [2.05, 4.69) is 21.2 Å². The lowest BCUT2D eigenvalue weighted by molar-refractivity contribution is -0.120. The first-order chi connectivity index (χ1) is 6.24. The largest absolute Gasteiger partial charge is 0.350 e. The number of carbonyl (C=O) groups excluding carboxylic acids is 1. The fraction of sp³-hybridized carbons (Fsp3) is 0.444. The molecular weight excluding hydrogens is 250 g/mol. The Hall–Kier alpha value is -0.350. The van der Waals surface area contributed by atoms with Crippen molar-refractivity contribution in [3.05, 3.63) is 22.4 Å². The second-order valence-corrected chi connectivity index (χ2v) is 4.81. The smallest absolute Gasteiger partial charge is 0.234 e. The van der Waals surface area contributed by atoms with E-state index in [1.165, 1.54) is 4.88 Å². The standard InChI is InChI=1S/C9H12BrNOS/c1-2-8(10)9(12)11-6-7-4-3-5-13-7/h3-5,8H,2,6H2,1H3,(H,11,12)/t8-/m1/s1. The predicted octanol–water partition coefficient (Wildman–Crippen LogP) is 2.54. The fourth-order valence-electron chi connectivity index (χ4n) is 0.884. The summed E-state index contributed by atoms with van der Waals surface area (Å²) in [6.07, 6.45) is 0.816. The van der Waals surface area contributed by atoms with Gasteiger partial charge in [0.15, 0.2) is 0 Å². The third-order valence-electron chi connectivity index (χ3n) is 1.66. The fourth-order valence-corrected chi connectivity index (χ4v) is 1.69. The van der Waals surface area contributed by atoms with Gasteiger partial charge in [0.25, 0.3) is 0 Å². The average Bonchev–Trinajstić information content (AvgIpc) is 2.65. The molecule has 0 aliphatic heterocycles. The summed E-state index contributed by atoms with van der Waals surface area (Å²) < 4.78 is 0. The summed E-state index contributed by atoms with van der Waals surface area (Å²) in [6, 6.07) is 4.00. The molecule has 0 saturated carbocycles. The minimum absolute atomic E-state index is 0.0625. The third-order valence-corrected chi connectivity index (χ3v) is 3.60. The van der Waals surface area contributed by atoms with Gasteiger partial charge in [0.1, 0.15) is 0 Å². The summed E-state index contributed by atoms with van der Waals surface area (Å²) in [5.74, 6) is 0.0656. The van der Waals surface area contributed by atoms with Crippen molar-refractivity contribution in [3.63, 3.8) is 0 Å². The molecule has 0 aromatic carbocycles.